The third-order valence-electron chi connectivity index (χ3n) is 3.82. The van der Waals surface area contributed by atoms with Gasteiger partial charge in [-0.2, -0.15) is 9.78 Å². The second kappa shape index (κ2) is 7.72. The lowest BCUT2D eigenvalue weighted by Crippen LogP contribution is -2.30. The summed E-state index contributed by atoms with van der Waals surface area (Å²) in [6.07, 6.45) is 0. The molecule has 26 heavy (non-hydrogen) atoms. The number of benzene rings is 2. The number of nitrogens with one attached hydrogen (secondary N) is 1. The van der Waals surface area contributed by atoms with Crippen LogP contribution in [0.5, 0.6) is 0 Å². The van der Waals surface area contributed by atoms with Crippen LogP contribution in [0.25, 0.3) is 5.69 Å². The molecule has 0 saturated heterocycles. The molecule has 1 N–H and O–H groups in total. The average Bonchev–Trinajstić information content (AvgIpc) is 2.65. The number of hydrogen-bond donors (Lipinski definition) is 1. The highest BCUT2D eigenvalue weighted by Gasteiger charge is 2.15. The van der Waals surface area contributed by atoms with Crippen molar-refractivity contribution in [3.8, 4) is 5.69 Å². The van der Waals surface area contributed by atoms with Crippen molar-refractivity contribution in [2.75, 3.05) is 0 Å². The summed E-state index contributed by atoms with van der Waals surface area (Å²) in [6, 6.07) is 16.5. The predicted octanol–water partition coefficient (Wildman–Crippen LogP) is 4.03. The zero-order valence-electron chi connectivity index (χ0n) is 13.8. The SMILES string of the molecule is CC(NC(=O)c1ccc(=O)n(-c2ccccc2)n1)c1ccc(Cl)c(Cl)c1. The lowest BCUT2D eigenvalue weighted by Gasteiger charge is -2.15. The number of hydrogen-bond acceptors (Lipinski definition) is 3. The number of para-hydroxylation sites is 1. The number of nitrogens with zero attached hydrogens (tertiary/aromatic N) is 2. The van der Waals surface area contributed by atoms with E-state index in [9.17, 15) is 9.59 Å². The van der Waals surface area contributed by atoms with Gasteiger partial charge in [0.2, 0.25) is 0 Å². The molecule has 0 radical (unpaired) electrons. The van der Waals surface area contributed by atoms with Gasteiger partial charge in [-0.25, -0.2) is 0 Å². The van der Waals surface area contributed by atoms with E-state index >= 15 is 0 Å². The summed E-state index contributed by atoms with van der Waals surface area (Å²) in [5.74, 6) is -0.395. The number of halogens is 2. The Bertz CT molecular complexity index is 1000. The Morgan fingerprint density at radius 1 is 1.04 bits per heavy atom. The van der Waals surface area contributed by atoms with Gasteiger partial charge in [0, 0.05) is 6.07 Å². The Kier molecular flexibility index (Phi) is 5.40. The van der Waals surface area contributed by atoms with E-state index in [-0.39, 0.29) is 17.3 Å². The molecule has 132 valence electrons. The first-order valence-electron chi connectivity index (χ1n) is 7.87. The molecule has 1 amide bonds. The molecule has 0 aliphatic heterocycles. The fourth-order valence-corrected chi connectivity index (χ4v) is 2.73. The van der Waals surface area contributed by atoms with Crippen molar-refractivity contribution >= 4 is 29.1 Å². The van der Waals surface area contributed by atoms with Gasteiger partial charge in [0.15, 0.2) is 0 Å². The van der Waals surface area contributed by atoms with E-state index in [2.05, 4.69) is 10.4 Å². The van der Waals surface area contributed by atoms with Crippen molar-refractivity contribution in [2.24, 2.45) is 0 Å². The van der Waals surface area contributed by atoms with E-state index in [4.69, 9.17) is 23.2 Å². The monoisotopic (exact) mass is 387 g/mol. The fourth-order valence-electron chi connectivity index (χ4n) is 2.42. The summed E-state index contributed by atoms with van der Waals surface area (Å²) in [5, 5.41) is 7.87. The van der Waals surface area contributed by atoms with E-state index in [1.165, 1.54) is 16.8 Å². The second-order valence-corrected chi connectivity index (χ2v) is 6.49. The van der Waals surface area contributed by atoms with Crippen molar-refractivity contribution in [2.45, 2.75) is 13.0 Å². The van der Waals surface area contributed by atoms with Crippen LogP contribution in [0.1, 0.15) is 29.0 Å². The van der Waals surface area contributed by atoms with Gasteiger partial charge in [-0.1, -0.05) is 47.5 Å². The van der Waals surface area contributed by atoms with Crippen LogP contribution in [-0.2, 0) is 0 Å². The molecule has 7 heteroatoms. The normalized spacial score (nSPS) is 11.8. The molecular weight excluding hydrogens is 373 g/mol. The highest BCUT2D eigenvalue weighted by molar-refractivity contribution is 6.42. The first kappa shape index (κ1) is 18.2. The summed E-state index contributed by atoms with van der Waals surface area (Å²) in [6.45, 7) is 1.82. The van der Waals surface area contributed by atoms with Gasteiger partial charge in [-0.3, -0.25) is 9.59 Å². The predicted molar refractivity (Wildman–Crippen MR) is 102 cm³/mol. The molecule has 5 nitrogen and oxygen atoms in total. The van der Waals surface area contributed by atoms with Crippen molar-refractivity contribution in [3.05, 3.63) is 92.3 Å². The lowest BCUT2D eigenvalue weighted by atomic mass is 10.1. The Morgan fingerprint density at radius 3 is 2.46 bits per heavy atom. The topological polar surface area (TPSA) is 64.0 Å². The van der Waals surface area contributed by atoms with Crippen LogP contribution in [-0.4, -0.2) is 15.7 Å². The van der Waals surface area contributed by atoms with E-state index in [1.807, 2.05) is 13.0 Å². The summed E-state index contributed by atoms with van der Waals surface area (Å²) in [5.41, 5.74) is 1.22. The quantitative estimate of drug-likeness (QED) is 0.734. The van der Waals surface area contributed by atoms with Gasteiger partial charge < -0.3 is 5.32 Å². The van der Waals surface area contributed by atoms with Crippen molar-refractivity contribution < 1.29 is 4.79 Å². The first-order valence-corrected chi connectivity index (χ1v) is 8.63. The maximum absolute atomic E-state index is 12.5. The van der Waals surface area contributed by atoms with E-state index in [0.717, 1.165) is 5.56 Å². The van der Waals surface area contributed by atoms with Gasteiger partial charge in [0.1, 0.15) is 5.69 Å². The fraction of sp³-hybridized carbons (Fsp3) is 0.105. The van der Waals surface area contributed by atoms with Crippen LogP contribution in [0.15, 0.2) is 65.5 Å². The summed E-state index contributed by atoms with van der Waals surface area (Å²) in [4.78, 5) is 24.6. The molecule has 1 atom stereocenters. The van der Waals surface area contributed by atoms with Crippen LogP contribution in [0.2, 0.25) is 10.0 Å². The number of carbonyl (C=O) groups is 1. The minimum Gasteiger partial charge on any atom is -0.344 e. The molecule has 2 aromatic carbocycles. The smallest absolute Gasteiger partial charge is 0.272 e. The maximum Gasteiger partial charge on any atom is 0.272 e. The van der Waals surface area contributed by atoms with E-state index < -0.39 is 5.91 Å². The number of amides is 1. The van der Waals surface area contributed by atoms with Crippen LogP contribution in [0, 0.1) is 0 Å². The largest absolute Gasteiger partial charge is 0.344 e. The minimum atomic E-state index is -0.395. The Labute approximate surface area is 160 Å². The third kappa shape index (κ3) is 3.95. The molecule has 3 rings (SSSR count). The molecule has 0 aliphatic carbocycles. The number of aromatic nitrogens is 2. The molecule has 0 aliphatic rings. The second-order valence-electron chi connectivity index (χ2n) is 5.67. The third-order valence-corrected chi connectivity index (χ3v) is 4.56. The molecule has 1 aromatic heterocycles. The molecule has 0 saturated carbocycles. The zero-order chi connectivity index (χ0) is 18.7. The van der Waals surface area contributed by atoms with Gasteiger partial charge in [0.25, 0.3) is 11.5 Å². The van der Waals surface area contributed by atoms with Crippen LogP contribution in [0.4, 0.5) is 0 Å². The molecule has 0 fully saturated rings. The Hall–Kier alpha value is -2.63. The van der Waals surface area contributed by atoms with Gasteiger partial charge in [-0.05, 0) is 42.8 Å². The van der Waals surface area contributed by atoms with Gasteiger partial charge in [0.05, 0.1) is 21.8 Å². The summed E-state index contributed by atoms with van der Waals surface area (Å²) >= 11 is 11.9. The minimum absolute atomic E-state index is 0.139. The molecule has 3 aromatic rings. The van der Waals surface area contributed by atoms with Gasteiger partial charge in [-0.15, -0.1) is 0 Å². The van der Waals surface area contributed by atoms with Crippen LogP contribution in [0.3, 0.4) is 0 Å². The van der Waals surface area contributed by atoms with Crippen molar-refractivity contribution in [1.82, 2.24) is 15.1 Å². The number of carbonyl (C=O) groups excluding carboxylic acids is 1. The highest BCUT2D eigenvalue weighted by Crippen LogP contribution is 2.25. The van der Waals surface area contributed by atoms with Crippen molar-refractivity contribution in [1.29, 1.82) is 0 Å². The van der Waals surface area contributed by atoms with Crippen LogP contribution >= 0.6 is 23.2 Å². The summed E-state index contributed by atoms with van der Waals surface area (Å²) < 4.78 is 1.19. The standard InChI is InChI=1S/C19H15Cl2N3O2/c1-12(13-7-8-15(20)16(21)11-13)22-19(26)17-9-10-18(25)24(23-17)14-5-3-2-4-6-14/h2-12H,1H3,(H,22,26). The molecular formula is C19H15Cl2N3O2. The van der Waals surface area contributed by atoms with Gasteiger partial charge >= 0.3 is 0 Å². The first-order chi connectivity index (χ1) is 12.5. The van der Waals surface area contributed by atoms with Crippen molar-refractivity contribution in [3.63, 3.8) is 0 Å². The van der Waals surface area contributed by atoms with E-state index in [0.29, 0.717) is 15.7 Å². The van der Waals surface area contributed by atoms with E-state index in [1.54, 1.807) is 42.5 Å². The average molecular weight is 388 g/mol. The Morgan fingerprint density at radius 2 is 1.77 bits per heavy atom. The van der Waals surface area contributed by atoms with Crippen LogP contribution < -0.4 is 10.9 Å². The zero-order valence-corrected chi connectivity index (χ0v) is 15.3. The summed E-state index contributed by atoms with van der Waals surface area (Å²) in [7, 11) is 0. The molecule has 1 unspecified atom stereocenters. The Balaban J connectivity index is 1.84. The molecule has 0 bridgehead atoms. The lowest BCUT2D eigenvalue weighted by molar-refractivity contribution is 0.0933. The number of rotatable bonds is 4. The molecule has 0 spiro atoms. The maximum atomic E-state index is 12.5. The highest BCUT2D eigenvalue weighted by atomic mass is 35.5. The molecule has 1 heterocycles.